The van der Waals surface area contributed by atoms with Gasteiger partial charge >= 0.3 is 0 Å². The zero-order chi connectivity index (χ0) is 14.9. The average Bonchev–Trinajstić information content (AvgIpc) is 2.66. The number of aliphatic hydroxyl groups is 3. The SMILES string of the molecule is CC(CO)C1(O)C(=O)N(c2ccccc2)N(C)C1CO. The molecule has 0 aliphatic carbocycles. The quantitative estimate of drug-likeness (QED) is 0.699. The second-order valence-electron chi connectivity index (χ2n) is 5.13. The maximum Gasteiger partial charge on any atom is 0.275 e. The summed E-state index contributed by atoms with van der Waals surface area (Å²) in [6.45, 7) is 0.866. The van der Waals surface area contributed by atoms with Crippen molar-refractivity contribution in [1.29, 1.82) is 0 Å². The molecular weight excluding hydrogens is 260 g/mol. The lowest BCUT2D eigenvalue weighted by molar-refractivity contribution is -0.143. The van der Waals surface area contributed by atoms with E-state index in [0.717, 1.165) is 0 Å². The molecule has 6 heteroatoms. The van der Waals surface area contributed by atoms with Crippen LogP contribution in [-0.4, -0.2) is 58.1 Å². The number of hydrogen-bond donors (Lipinski definition) is 3. The number of carbonyl (C=O) groups is 1. The van der Waals surface area contributed by atoms with E-state index in [1.807, 2.05) is 6.07 Å². The molecule has 0 spiro atoms. The number of aliphatic hydroxyl groups excluding tert-OH is 2. The third-order valence-electron chi connectivity index (χ3n) is 4.01. The van der Waals surface area contributed by atoms with E-state index in [2.05, 4.69) is 0 Å². The van der Waals surface area contributed by atoms with Crippen LogP contribution in [0.5, 0.6) is 0 Å². The predicted molar refractivity (Wildman–Crippen MR) is 73.8 cm³/mol. The molecule has 20 heavy (non-hydrogen) atoms. The Morgan fingerprint density at radius 3 is 2.40 bits per heavy atom. The van der Waals surface area contributed by atoms with Crippen LogP contribution in [-0.2, 0) is 4.79 Å². The second kappa shape index (κ2) is 5.49. The van der Waals surface area contributed by atoms with Crippen LogP contribution in [0.1, 0.15) is 6.92 Å². The molecular formula is C14H20N2O4. The van der Waals surface area contributed by atoms with Gasteiger partial charge in [0.1, 0.15) is 0 Å². The van der Waals surface area contributed by atoms with Crippen LogP contribution in [0.4, 0.5) is 5.69 Å². The number of hydrogen-bond acceptors (Lipinski definition) is 5. The maximum atomic E-state index is 12.6. The minimum atomic E-state index is -1.81. The first-order valence-corrected chi connectivity index (χ1v) is 6.54. The molecule has 0 bridgehead atoms. The smallest absolute Gasteiger partial charge is 0.275 e. The van der Waals surface area contributed by atoms with Gasteiger partial charge < -0.3 is 15.3 Å². The summed E-state index contributed by atoms with van der Waals surface area (Å²) in [4.78, 5) is 12.6. The van der Waals surface area contributed by atoms with E-state index in [4.69, 9.17) is 0 Å². The monoisotopic (exact) mass is 280 g/mol. The highest BCUT2D eigenvalue weighted by atomic mass is 16.3. The van der Waals surface area contributed by atoms with E-state index in [0.29, 0.717) is 5.69 Å². The summed E-state index contributed by atoms with van der Waals surface area (Å²) in [7, 11) is 1.63. The number of carbonyl (C=O) groups excluding carboxylic acids is 1. The molecule has 110 valence electrons. The number of anilines is 1. The maximum absolute atomic E-state index is 12.6. The first-order valence-electron chi connectivity index (χ1n) is 6.54. The van der Waals surface area contributed by atoms with Crippen LogP contribution < -0.4 is 5.01 Å². The fraction of sp³-hybridized carbons (Fsp3) is 0.500. The van der Waals surface area contributed by atoms with Crippen molar-refractivity contribution in [3.05, 3.63) is 30.3 Å². The fourth-order valence-corrected chi connectivity index (χ4v) is 2.68. The largest absolute Gasteiger partial charge is 0.396 e. The van der Waals surface area contributed by atoms with Crippen molar-refractivity contribution >= 4 is 11.6 Å². The fourth-order valence-electron chi connectivity index (χ4n) is 2.68. The molecule has 1 aromatic rings. The van der Waals surface area contributed by atoms with Crippen LogP contribution >= 0.6 is 0 Å². The molecule has 1 amide bonds. The third kappa shape index (κ3) is 2.01. The first kappa shape index (κ1) is 14.9. The van der Waals surface area contributed by atoms with E-state index < -0.39 is 23.5 Å². The van der Waals surface area contributed by atoms with E-state index in [9.17, 15) is 20.1 Å². The molecule has 1 heterocycles. The average molecular weight is 280 g/mol. The normalized spacial score (nSPS) is 28.9. The molecule has 1 fully saturated rings. The molecule has 1 aromatic carbocycles. The van der Waals surface area contributed by atoms with Crippen molar-refractivity contribution in [3.8, 4) is 0 Å². The van der Waals surface area contributed by atoms with Gasteiger partial charge in [-0.05, 0) is 12.1 Å². The Balaban J connectivity index is 2.46. The molecule has 0 aromatic heterocycles. The molecule has 1 aliphatic heterocycles. The number of nitrogens with zero attached hydrogens (tertiary/aromatic N) is 2. The van der Waals surface area contributed by atoms with Gasteiger partial charge in [0.25, 0.3) is 5.91 Å². The Kier molecular flexibility index (Phi) is 4.10. The number of hydrazine groups is 1. The third-order valence-corrected chi connectivity index (χ3v) is 4.01. The Morgan fingerprint density at radius 2 is 1.90 bits per heavy atom. The zero-order valence-corrected chi connectivity index (χ0v) is 11.6. The summed E-state index contributed by atoms with van der Waals surface area (Å²) >= 11 is 0. The van der Waals surface area contributed by atoms with E-state index in [-0.39, 0.29) is 13.2 Å². The highest BCUT2D eigenvalue weighted by molar-refractivity contribution is 6.01. The Morgan fingerprint density at radius 1 is 1.30 bits per heavy atom. The van der Waals surface area contributed by atoms with Gasteiger partial charge in [0.05, 0.1) is 18.3 Å². The summed E-state index contributed by atoms with van der Waals surface area (Å²) in [6.07, 6.45) is 0. The zero-order valence-electron chi connectivity index (χ0n) is 11.6. The lowest BCUT2D eigenvalue weighted by Crippen LogP contribution is -2.54. The van der Waals surface area contributed by atoms with Crippen molar-refractivity contribution in [2.45, 2.75) is 18.6 Å². The van der Waals surface area contributed by atoms with Gasteiger partial charge in [-0.1, -0.05) is 25.1 Å². The van der Waals surface area contributed by atoms with Gasteiger partial charge in [-0.25, -0.2) is 10.0 Å². The minimum Gasteiger partial charge on any atom is -0.396 e. The number of para-hydroxylation sites is 1. The lowest BCUT2D eigenvalue weighted by atomic mass is 9.83. The molecule has 1 aliphatic rings. The number of amides is 1. The van der Waals surface area contributed by atoms with Crippen LogP contribution in [0, 0.1) is 5.92 Å². The van der Waals surface area contributed by atoms with Crippen molar-refractivity contribution < 1.29 is 20.1 Å². The van der Waals surface area contributed by atoms with Crippen LogP contribution in [0.2, 0.25) is 0 Å². The van der Waals surface area contributed by atoms with Gasteiger partial charge in [0.2, 0.25) is 0 Å². The van der Waals surface area contributed by atoms with Crippen molar-refractivity contribution in [2.75, 3.05) is 25.3 Å². The van der Waals surface area contributed by atoms with Crippen LogP contribution in [0.15, 0.2) is 30.3 Å². The number of benzene rings is 1. The molecule has 3 N–H and O–H groups in total. The topological polar surface area (TPSA) is 84.2 Å². The van der Waals surface area contributed by atoms with Gasteiger partial charge in [0.15, 0.2) is 5.60 Å². The summed E-state index contributed by atoms with van der Waals surface area (Å²) in [5.74, 6) is -1.21. The summed E-state index contributed by atoms with van der Waals surface area (Å²) in [5.41, 5.74) is -1.20. The predicted octanol–water partition coefficient (Wildman–Crippen LogP) is -0.400. The van der Waals surface area contributed by atoms with Gasteiger partial charge in [-0.2, -0.15) is 0 Å². The standard InChI is InChI=1S/C14H20N2O4/c1-10(8-17)14(20)12(9-18)15(2)16(13(14)19)11-6-4-3-5-7-11/h3-7,10,12,17-18,20H,8-9H2,1-2H3. The van der Waals surface area contributed by atoms with Gasteiger partial charge in [-0.15, -0.1) is 0 Å². The highest BCUT2D eigenvalue weighted by Gasteiger charge is 2.59. The Bertz CT molecular complexity index is 481. The number of rotatable bonds is 4. The molecule has 6 nitrogen and oxygen atoms in total. The highest BCUT2D eigenvalue weighted by Crippen LogP contribution is 2.36. The number of likely N-dealkylation sites (N-methyl/N-ethyl adjacent to an activating group) is 1. The first-order chi connectivity index (χ1) is 9.48. The second-order valence-corrected chi connectivity index (χ2v) is 5.13. The van der Waals surface area contributed by atoms with E-state index in [1.165, 1.54) is 10.0 Å². The van der Waals surface area contributed by atoms with Crippen molar-refractivity contribution in [1.82, 2.24) is 5.01 Å². The van der Waals surface area contributed by atoms with Gasteiger partial charge in [-0.3, -0.25) is 4.79 Å². The minimum absolute atomic E-state index is 0.338. The van der Waals surface area contributed by atoms with E-state index >= 15 is 0 Å². The Hall–Kier alpha value is -1.47. The Labute approximate surface area is 117 Å². The summed E-state index contributed by atoms with van der Waals surface area (Å²) < 4.78 is 0. The molecule has 1 saturated heterocycles. The van der Waals surface area contributed by atoms with Crippen molar-refractivity contribution in [3.63, 3.8) is 0 Å². The van der Waals surface area contributed by atoms with Crippen LogP contribution in [0.25, 0.3) is 0 Å². The molecule has 3 unspecified atom stereocenters. The molecule has 3 atom stereocenters. The van der Waals surface area contributed by atoms with Crippen LogP contribution in [0.3, 0.4) is 0 Å². The van der Waals surface area contributed by atoms with E-state index in [1.54, 1.807) is 38.2 Å². The summed E-state index contributed by atoms with van der Waals surface area (Å²) in [6, 6.07) is 8.11. The molecule has 2 rings (SSSR count). The van der Waals surface area contributed by atoms with Crippen molar-refractivity contribution in [2.24, 2.45) is 5.92 Å². The lowest BCUT2D eigenvalue weighted by Gasteiger charge is -2.31. The molecule has 0 radical (unpaired) electrons. The summed E-state index contributed by atoms with van der Waals surface area (Å²) in [5, 5.41) is 32.4. The molecule has 0 saturated carbocycles. The van der Waals surface area contributed by atoms with Gasteiger partial charge in [0, 0.05) is 19.6 Å².